The van der Waals surface area contributed by atoms with Gasteiger partial charge in [0.25, 0.3) is 17.4 Å². The van der Waals surface area contributed by atoms with Crippen LogP contribution in [0.5, 0.6) is 0 Å². The van der Waals surface area contributed by atoms with Crippen molar-refractivity contribution in [3.63, 3.8) is 0 Å². The number of hydrogen-bond donors (Lipinski definition) is 3. The van der Waals surface area contributed by atoms with Crippen LogP contribution in [0.2, 0.25) is 0 Å². The van der Waals surface area contributed by atoms with Gasteiger partial charge in [0.1, 0.15) is 0 Å². The summed E-state index contributed by atoms with van der Waals surface area (Å²) in [6, 6.07) is 12.8. The van der Waals surface area contributed by atoms with E-state index in [-0.39, 0.29) is 23.4 Å². The van der Waals surface area contributed by atoms with Crippen molar-refractivity contribution in [3.05, 3.63) is 70.1 Å². The van der Waals surface area contributed by atoms with Crippen LogP contribution in [-0.4, -0.2) is 34.3 Å². The third-order valence-corrected chi connectivity index (χ3v) is 4.45. The Kier molecular flexibility index (Phi) is 7.17. The molecular weight excluding hydrogens is 414 g/mol. The Morgan fingerprint density at radius 3 is 2.41 bits per heavy atom. The van der Waals surface area contributed by atoms with E-state index >= 15 is 0 Å². The molecule has 32 heavy (non-hydrogen) atoms. The monoisotopic (exact) mass is 437 g/mol. The van der Waals surface area contributed by atoms with Crippen molar-refractivity contribution in [2.24, 2.45) is 0 Å². The number of aromatic nitrogens is 2. The van der Waals surface area contributed by atoms with E-state index in [0.29, 0.717) is 29.4 Å². The smallest absolute Gasteiger partial charge is 0.411 e. The Hall–Kier alpha value is -4.21. The SMILES string of the molecule is CCCn1nc(C(=O)NNC(=O)c2cccc(NC(=O)OCC)c2)c2ccccc2c1=O. The van der Waals surface area contributed by atoms with Crippen LogP contribution in [0.4, 0.5) is 10.5 Å². The Bertz CT molecular complexity index is 1220. The maximum Gasteiger partial charge on any atom is 0.411 e. The van der Waals surface area contributed by atoms with Gasteiger partial charge in [-0.2, -0.15) is 5.10 Å². The summed E-state index contributed by atoms with van der Waals surface area (Å²) in [5.41, 5.74) is 4.96. The minimum Gasteiger partial charge on any atom is -0.450 e. The first-order chi connectivity index (χ1) is 15.4. The van der Waals surface area contributed by atoms with E-state index in [2.05, 4.69) is 21.3 Å². The van der Waals surface area contributed by atoms with Crippen molar-refractivity contribution in [1.29, 1.82) is 0 Å². The third kappa shape index (κ3) is 5.09. The third-order valence-electron chi connectivity index (χ3n) is 4.45. The van der Waals surface area contributed by atoms with Gasteiger partial charge in [-0.1, -0.05) is 31.2 Å². The van der Waals surface area contributed by atoms with Crippen LogP contribution < -0.4 is 21.7 Å². The number of anilines is 1. The van der Waals surface area contributed by atoms with Crippen molar-refractivity contribution in [2.45, 2.75) is 26.8 Å². The number of aryl methyl sites for hydroxylation is 1. The second-order valence-electron chi connectivity index (χ2n) is 6.76. The molecule has 0 aliphatic rings. The van der Waals surface area contributed by atoms with E-state index in [1.807, 2.05) is 6.92 Å². The molecule has 0 spiro atoms. The van der Waals surface area contributed by atoms with Crippen LogP contribution in [0, 0.1) is 0 Å². The Morgan fingerprint density at radius 1 is 0.969 bits per heavy atom. The zero-order valence-electron chi connectivity index (χ0n) is 17.7. The molecule has 3 rings (SSSR count). The molecule has 10 heteroatoms. The first-order valence-corrected chi connectivity index (χ1v) is 10.1. The molecule has 0 aliphatic carbocycles. The van der Waals surface area contributed by atoms with E-state index in [4.69, 9.17) is 4.74 Å². The predicted molar refractivity (Wildman–Crippen MR) is 118 cm³/mol. The van der Waals surface area contributed by atoms with Gasteiger partial charge in [-0.3, -0.25) is 30.6 Å². The molecule has 10 nitrogen and oxygen atoms in total. The summed E-state index contributed by atoms with van der Waals surface area (Å²) in [4.78, 5) is 49.4. The summed E-state index contributed by atoms with van der Waals surface area (Å²) in [6.07, 6.45) is 0.0256. The number of nitrogens with one attached hydrogen (secondary N) is 3. The lowest BCUT2D eigenvalue weighted by molar-refractivity contribution is 0.0843. The van der Waals surface area contributed by atoms with Crippen LogP contribution in [-0.2, 0) is 11.3 Å². The summed E-state index contributed by atoms with van der Waals surface area (Å²) in [5, 5.41) is 7.44. The normalized spacial score (nSPS) is 10.4. The molecule has 2 aromatic carbocycles. The first-order valence-electron chi connectivity index (χ1n) is 10.1. The first kappa shape index (κ1) is 22.5. The number of rotatable bonds is 6. The van der Waals surface area contributed by atoms with Gasteiger partial charge in [0.15, 0.2) is 5.69 Å². The number of carbonyl (C=O) groups is 3. The molecule has 1 heterocycles. The molecular formula is C22H23N5O5. The highest BCUT2D eigenvalue weighted by Crippen LogP contribution is 2.14. The van der Waals surface area contributed by atoms with Gasteiger partial charge in [-0.25, -0.2) is 9.48 Å². The Balaban J connectivity index is 1.77. The number of nitrogens with zero attached hydrogens (tertiary/aromatic N) is 2. The summed E-state index contributed by atoms with van der Waals surface area (Å²) in [5.74, 6) is -1.27. The average Bonchev–Trinajstić information content (AvgIpc) is 2.79. The second kappa shape index (κ2) is 10.2. The molecule has 3 aromatic rings. The number of amides is 3. The van der Waals surface area contributed by atoms with Gasteiger partial charge in [0.2, 0.25) is 0 Å². The van der Waals surface area contributed by atoms with Crippen molar-refractivity contribution in [3.8, 4) is 0 Å². The predicted octanol–water partition coefficient (Wildman–Crippen LogP) is 2.45. The van der Waals surface area contributed by atoms with E-state index in [9.17, 15) is 19.2 Å². The molecule has 0 saturated carbocycles. The molecule has 3 amide bonds. The number of fused-ring (bicyclic) bond motifs is 1. The number of hydrazine groups is 1. The van der Waals surface area contributed by atoms with E-state index < -0.39 is 17.9 Å². The number of ether oxygens (including phenoxy) is 1. The fourth-order valence-electron chi connectivity index (χ4n) is 3.03. The highest BCUT2D eigenvalue weighted by atomic mass is 16.5. The molecule has 0 unspecified atom stereocenters. The molecule has 0 atom stereocenters. The average molecular weight is 437 g/mol. The minimum absolute atomic E-state index is 0.0201. The lowest BCUT2D eigenvalue weighted by Crippen LogP contribution is -2.42. The zero-order chi connectivity index (χ0) is 23.1. The molecule has 1 aromatic heterocycles. The van der Waals surface area contributed by atoms with Crippen molar-refractivity contribution >= 4 is 34.4 Å². The van der Waals surface area contributed by atoms with Crippen LogP contribution >= 0.6 is 0 Å². The number of carbonyl (C=O) groups excluding carboxylic acids is 3. The summed E-state index contributed by atoms with van der Waals surface area (Å²) in [6.45, 7) is 4.15. The zero-order valence-corrected chi connectivity index (χ0v) is 17.7. The highest BCUT2D eigenvalue weighted by Gasteiger charge is 2.17. The number of hydrogen-bond acceptors (Lipinski definition) is 6. The van der Waals surface area contributed by atoms with Gasteiger partial charge >= 0.3 is 6.09 Å². The van der Waals surface area contributed by atoms with Crippen LogP contribution in [0.15, 0.2) is 53.3 Å². The van der Waals surface area contributed by atoms with Gasteiger partial charge in [-0.05, 0) is 37.6 Å². The molecule has 0 aliphatic heterocycles. The highest BCUT2D eigenvalue weighted by molar-refractivity contribution is 6.06. The molecule has 3 N–H and O–H groups in total. The van der Waals surface area contributed by atoms with E-state index in [0.717, 1.165) is 0 Å². The second-order valence-corrected chi connectivity index (χ2v) is 6.76. The van der Waals surface area contributed by atoms with Crippen LogP contribution in [0.3, 0.4) is 0 Å². The van der Waals surface area contributed by atoms with E-state index in [1.54, 1.807) is 43.3 Å². The van der Waals surface area contributed by atoms with Crippen molar-refractivity contribution in [1.82, 2.24) is 20.6 Å². The van der Waals surface area contributed by atoms with Crippen LogP contribution in [0.25, 0.3) is 10.8 Å². The topological polar surface area (TPSA) is 131 Å². The van der Waals surface area contributed by atoms with Crippen molar-refractivity contribution in [2.75, 3.05) is 11.9 Å². The molecule has 0 radical (unpaired) electrons. The van der Waals surface area contributed by atoms with Gasteiger partial charge in [0, 0.05) is 23.2 Å². The molecule has 166 valence electrons. The lowest BCUT2D eigenvalue weighted by atomic mass is 10.1. The summed E-state index contributed by atoms with van der Waals surface area (Å²) in [7, 11) is 0. The Morgan fingerprint density at radius 2 is 1.69 bits per heavy atom. The van der Waals surface area contributed by atoms with Crippen molar-refractivity contribution < 1.29 is 19.1 Å². The minimum atomic E-state index is -0.666. The standard InChI is InChI=1S/C22H23N5O5/c1-3-12-27-21(30)17-11-6-5-10-16(17)18(26-27)20(29)25-24-19(28)14-8-7-9-15(13-14)23-22(31)32-4-2/h5-11,13H,3-4,12H2,1-2H3,(H,23,31)(H,24,28)(H,25,29). The lowest BCUT2D eigenvalue weighted by Gasteiger charge is -2.12. The maximum absolute atomic E-state index is 12.8. The summed E-state index contributed by atoms with van der Waals surface area (Å²) < 4.78 is 6.05. The quantitative estimate of drug-likeness (QED) is 0.508. The maximum atomic E-state index is 12.8. The van der Waals surface area contributed by atoms with Gasteiger partial charge < -0.3 is 4.74 Å². The fourth-order valence-corrected chi connectivity index (χ4v) is 3.03. The summed E-state index contributed by atoms with van der Waals surface area (Å²) >= 11 is 0. The molecule has 0 saturated heterocycles. The van der Waals surface area contributed by atoms with Crippen LogP contribution in [0.1, 0.15) is 41.1 Å². The van der Waals surface area contributed by atoms with E-state index in [1.165, 1.54) is 16.8 Å². The number of benzene rings is 2. The molecule has 0 fully saturated rings. The largest absolute Gasteiger partial charge is 0.450 e. The fraction of sp³-hybridized carbons (Fsp3) is 0.227. The Labute approximate surface area is 183 Å². The van der Waals surface area contributed by atoms with Gasteiger partial charge in [-0.15, -0.1) is 0 Å². The molecule has 0 bridgehead atoms. The van der Waals surface area contributed by atoms with Gasteiger partial charge in [0.05, 0.1) is 12.0 Å².